The van der Waals surface area contributed by atoms with E-state index in [1.165, 1.54) is 11.8 Å². The predicted molar refractivity (Wildman–Crippen MR) is 75.4 cm³/mol. The Labute approximate surface area is 114 Å². The molecule has 3 N–H and O–H groups in total. The van der Waals surface area contributed by atoms with Crippen LogP contribution in [-0.4, -0.2) is 28.0 Å². The van der Waals surface area contributed by atoms with Crippen molar-refractivity contribution in [2.45, 2.75) is 11.4 Å². The molecule has 2 atom stereocenters. The van der Waals surface area contributed by atoms with Crippen LogP contribution in [0.4, 0.5) is 0 Å². The Hall–Kier alpha value is -1.72. The van der Waals surface area contributed by atoms with Crippen LogP contribution in [0.1, 0.15) is 10.9 Å². The number of hydrogen-bond donors (Lipinski definition) is 3. The zero-order chi connectivity index (χ0) is 13.4. The maximum Gasteiger partial charge on any atom is 0.321 e. The first kappa shape index (κ1) is 12.3. The molecule has 1 aliphatic rings. The normalized spacial score (nSPS) is 22.7. The van der Waals surface area contributed by atoms with Gasteiger partial charge in [0.1, 0.15) is 11.8 Å². The minimum Gasteiger partial charge on any atom is -0.508 e. The summed E-state index contributed by atoms with van der Waals surface area (Å²) in [5.41, 5.74) is 0.770. The average Bonchev–Trinajstić information content (AvgIpc) is 2.88. The fourth-order valence-corrected chi connectivity index (χ4v) is 3.64. The lowest BCUT2D eigenvalue weighted by Crippen LogP contribution is -2.33. The van der Waals surface area contributed by atoms with Crippen LogP contribution in [-0.2, 0) is 4.79 Å². The molecule has 1 fully saturated rings. The number of fused-ring (bicyclic) bond motifs is 1. The van der Waals surface area contributed by atoms with Crippen molar-refractivity contribution in [3.8, 4) is 5.75 Å². The lowest BCUT2D eigenvalue weighted by Gasteiger charge is -2.15. The number of carboxylic acids is 1. The quantitative estimate of drug-likeness (QED) is 0.785. The van der Waals surface area contributed by atoms with Gasteiger partial charge in [-0.05, 0) is 16.8 Å². The summed E-state index contributed by atoms with van der Waals surface area (Å²) in [6, 6.07) is 10.7. The molecule has 2 aromatic carbocycles. The lowest BCUT2D eigenvalue weighted by molar-refractivity contribution is -0.138. The van der Waals surface area contributed by atoms with E-state index in [2.05, 4.69) is 5.32 Å². The summed E-state index contributed by atoms with van der Waals surface area (Å²) < 4.78 is 0. The highest BCUT2D eigenvalue weighted by Gasteiger charge is 2.32. The van der Waals surface area contributed by atoms with Gasteiger partial charge >= 0.3 is 5.97 Å². The molecule has 0 bridgehead atoms. The van der Waals surface area contributed by atoms with Crippen LogP contribution < -0.4 is 5.32 Å². The SMILES string of the molecule is O=C(O)[C@H]1CS[C@H](c2c(O)ccc3ccccc23)N1. The zero-order valence-electron chi connectivity index (χ0n) is 10.0. The van der Waals surface area contributed by atoms with Crippen LogP contribution in [0.15, 0.2) is 36.4 Å². The molecular formula is C14H13NO3S. The molecule has 3 rings (SSSR count). The fourth-order valence-electron chi connectivity index (χ4n) is 2.34. The highest BCUT2D eigenvalue weighted by atomic mass is 32.2. The molecule has 1 aliphatic heterocycles. The topological polar surface area (TPSA) is 69.6 Å². The molecular weight excluding hydrogens is 262 g/mol. The van der Waals surface area contributed by atoms with Gasteiger partial charge in [-0.1, -0.05) is 30.3 Å². The number of carboxylic acid groups (broad SMARTS) is 1. The molecule has 0 aromatic heterocycles. The van der Waals surface area contributed by atoms with E-state index in [4.69, 9.17) is 5.11 Å². The van der Waals surface area contributed by atoms with E-state index in [1.54, 1.807) is 6.07 Å². The van der Waals surface area contributed by atoms with Gasteiger partial charge in [-0.2, -0.15) is 0 Å². The van der Waals surface area contributed by atoms with Crippen molar-refractivity contribution in [2.24, 2.45) is 0 Å². The van der Waals surface area contributed by atoms with Crippen molar-refractivity contribution in [1.29, 1.82) is 0 Å². The molecule has 1 heterocycles. The van der Waals surface area contributed by atoms with Gasteiger partial charge in [-0.25, -0.2) is 0 Å². The van der Waals surface area contributed by atoms with Crippen molar-refractivity contribution in [3.05, 3.63) is 42.0 Å². The van der Waals surface area contributed by atoms with Gasteiger partial charge in [0, 0.05) is 11.3 Å². The third-order valence-corrected chi connectivity index (χ3v) is 4.52. The van der Waals surface area contributed by atoms with Crippen LogP contribution in [0.3, 0.4) is 0 Å². The Kier molecular flexibility index (Phi) is 3.08. The molecule has 1 saturated heterocycles. The predicted octanol–water partition coefficient (Wildman–Crippen LogP) is 2.33. The maximum absolute atomic E-state index is 11.0. The van der Waals surface area contributed by atoms with Gasteiger partial charge in [0.05, 0.1) is 5.37 Å². The van der Waals surface area contributed by atoms with Crippen LogP contribution in [0.5, 0.6) is 5.75 Å². The number of phenolic OH excluding ortho intramolecular Hbond substituents is 1. The molecule has 5 heteroatoms. The summed E-state index contributed by atoms with van der Waals surface area (Å²) in [7, 11) is 0. The van der Waals surface area contributed by atoms with E-state index in [0.717, 1.165) is 16.3 Å². The van der Waals surface area contributed by atoms with E-state index in [1.807, 2.05) is 30.3 Å². The van der Waals surface area contributed by atoms with E-state index < -0.39 is 12.0 Å². The number of benzene rings is 2. The first-order valence-electron chi connectivity index (χ1n) is 5.98. The number of hydrogen-bond acceptors (Lipinski definition) is 4. The Morgan fingerprint density at radius 2 is 2.05 bits per heavy atom. The summed E-state index contributed by atoms with van der Waals surface area (Å²) >= 11 is 1.51. The summed E-state index contributed by atoms with van der Waals surface area (Å²) in [5.74, 6) is -0.146. The monoisotopic (exact) mass is 275 g/mol. The van der Waals surface area contributed by atoms with E-state index in [0.29, 0.717) is 5.75 Å². The smallest absolute Gasteiger partial charge is 0.321 e. The minimum atomic E-state index is -0.852. The second-order valence-electron chi connectivity index (χ2n) is 4.49. The Bertz CT molecular complexity index is 644. The number of thioether (sulfide) groups is 1. The van der Waals surface area contributed by atoms with Crippen LogP contribution in [0, 0.1) is 0 Å². The second-order valence-corrected chi connectivity index (χ2v) is 5.63. The van der Waals surface area contributed by atoms with Crippen molar-refractivity contribution < 1.29 is 15.0 Å². The fraction of sp³-hybridized carbons (Fsp3) is 0.214. The summed E-state index contributed by atoms with van der Waals surface area (Å²) in [6.45, 7) is 0. The number of rotatable bonds is 2. The Morgan fingerprint density at radius 3 is 2.79 bits per heavy atom. The molecule has 0 unspecified atom stereocenters. The molecule has 0 spiro atoms. The van der Waals surface area contributed by atoms with Gasteiger partial charge in [0.15, 0.2) is 0 Å². The van der Waals surface area contributed by atoms with Crippen molar-refractivity contribution in [1.82, 2.24) is 5.32 Å². The van der Waals surface area contributed by atoms with Crippen LogP contribution in [0.25, 0.3) is 10.8 Å². The molecule has 0 aliphatic carbocycles. The molecule has 98 valence electrons. The largest absolute Gasteiger partial charge is 0.508 e. The molecule has 0 saturated carbocycles. The minimum absolute atomic E-state index is 0.188. The van der Waals surface area contributed by atoms with Crippen LogP contribution >= 0.6 is 11.8 Å². The average molecular weight is 275 g/mol. The van der Waals surface area contributed by atoms with E-state index in [9.17, 15) is 9.90 Å². The molecule has 2 aromatic rings. The van der Waals surface area contributed by atoms with Gasteiger partial charge in [0.25, 0.3) is 0 Å². The van der Waals surface area contributed by atoms with Gasteiger partial charge in [-0.15, -0.1) is 11.8 Å². The summed E-state index contributed by atoms with van der Waals surface area (Å²) in [4.78, 5) is 11.0. The van der Waals surface area contributed by atoms with E-state index >= 15 is 0 Å². The molecule has 4 nitrogen and oxygen atoms in total. The van der Waals surface area contributed by atoms with Gasteiger partial charge < -0.3 is 10.2 Å². The lowest BCUT2D eigenvalue weighted by atomic mass is 10.0. The van der Waals surface area contributed by atoms with Gasteiger partial charge in [0.2, 0.25) is 0 Å². The molecule has 0 amide bonds. The first-order valence-corrected chi connectivity index (χ1v) is 7.03. The van der Waals surface area contributed by atoms with Crippen LogP contribution in [0.2, 0.25) is 0 Å². The number of aliphatic carboxylic acids is 1. The highest BCUT2D eigenvalue weighted by molar-refractivity contribution is 7.99. The zero-order valence-corrected chi connectivity index (χ0v) is 10.9. The number of aromatic hydroxyl groups is 1. The summed E-state index contributed by atoms with van der Waals surface area (Å²) in [6.07, 6.45) is 0. The number of carbonyl (C=O) groups is 1. The Balaban J connectivity index is 2.05. The molecule has 0 radical (unpaired) electrons. The maximum atomic E-state index is 11.0. The highest BCUT2D eigenvalue weighted by Crippen LogP contribution is 2.41. The van der Waals surface area contributed by atoms with Crippen molar-refractivity contribution in [3.63, 3.8) is 0 Å². The third kappa shape index (κ3) is 2.15. The van der Waals surface area contributed by atoms with E-state index in [-0.39, 0.29) is 11.1 Å². The first-order chi connectivity index (χ1) is 9.16. The second kappa shape index (κ2) is 4.75. The number of nitrogens with one attached hydrogen (secondary N) is 1. The van der Waals surface area contributed by atoms with Gasteiger partial charge in [-0.3, -0.25) is 10.1 Å². The standard InChI is InChI=1S/C14H13NO3S/c16-11-6-5-8-3-1-2-4-9(8)12(11)13-15-10(7-19-13)14(17)18/h1-6,10,13,15-16H,7H2,(H,17,18)/t10-,13-/m1/s1. The van der Waals surface area contributed by atoms with Crippen molar-refractivity contribution in [2.75, 3.05) is 5.75 Å². The number of phenols is 1. The molecule has 19 heavy (non-hydrogen) atoms. The Morgan fingerprint density at radius 1 is 1.26 bits per heavy atom. The third-order valence-electron chi connectivity index (χ3n) is 3.29. The van der Waals surface area contributed by atoms with Crippen molar-refractivity contribution >= 4 is 28.5 Å². The summed E-state index contributed by atoms with van der Waals surface area (Å²) in [5, 5.41) is 24.0.